The number of benzene rings is 1. The lowest BCUT2D eigenvalue weighted by Gasteiger charge is -2.15. The van der Waals surface area contributed by atoms with E-state index in [2.05, 4.69) is 10.3 Å². The van der Waals surface area contributed by atoms with E-state index in [-0.39, 0.29) is 24.4 Å². The van der Waals surface area contributed by atoms with Crippen LogP contribution in [0.3, 0.4) is 0 Å². The first-order valence-electron chi connectivity index (χ1n) is 7.10. The van der Waals surface area contributed by atoms with Gasteiger partial charge in [0.05, 0.1) is 19.4 Å². The summed E-state index contributed by atoms with van der Waals surface area (Å²) in [4.78, 5) is 0. The molecule has 4 atom stereocenters. The fourth-order valence-electron chi connectivity index (χ4n) is 3.05. The minimum absolute atomic E-state index is 0.00984. The molecule has 2 aliphatic heterocycles. The normalized spacial score (nSPS) is 31.5. The number of ether oxygens (including phenoxy) is 3. The van der Waals surface area contributed by atoms with Gasteiger partial charge in [-0.3, -0.25) is 0 Å². The fourth-order valence-corrected chi connectivity index (χ4v) is 3.05. The van der Waals surface area contributed by atoms with E-state index in [0.717, 1.165) is 11.3 Å². The highest BCUT2D eigenvalue weighted by Crippen LogP contribution is 2.35. The predicted octanol–water partition coefficient (Wildman–Crippen LogP) is 1.30. The molecule has 4 rings (SSSR count). The molecule has 2 aromatic rings. The van der Waals surface area contributed by atoms with Crippen LogP contribution >= 0.6 is 0 Å². The van der Waals surface area contributed by atoms with Crippen LogP contribution in [0.2, 0.25) is 0 Å². The third-order valence-electron chi connectivity index (χ3n) is 4.20. The summed E-state index contributed by atoms with van der Waals surface area (Å²) < 4.78 is 18.9. The molecule has 0 saturated carbocycles. The molecule has 21 heavy (non-hydrogen) atoms. The third-order valence-corrected chi connectivity index (χ3v) is 4.20. The Morgan fingerprint density at radius 1 is 1.14 bits per heavy atom. The second-order valence-corrected chi connectivity index (χ2v) is 5.39. The van der Waals surface area contributed by atoms with Gasteiger partial charge in [0, 0.05) is 12.7 Å². The zero-order chi connectivity index (χ0) is 14.2. The summed E-state index contributed by atoms with van der Waals surface area (Å²) >= 11 is 0. The number of nitrogens with zero attached hydrogens (tertiary/aromatic N) is 3. The van der Waals surface area contributed by atoms with Crippen molar-refractivity contribution in [3.05, 3.63) is 36.5 Å². The number of rotatable bonds is 3. The lowest BCUT2D eigenvalue weighted by atomic mass is 10.1. The number of aromatic nitrogens is 3. The molecule has 2 fully saturated rings. The minimum atomic E-state index is -0.0136. The molecule has 1 aromatic carbocycles. The van der Waals surface area contributed by atoms with Crippen molar-refractivity contribution in [2.24, 2.45) is 0 Å². The third kappa shape index (κ3) is 2.16. The number of fused-ring (bicyclic) bond motifs is 1. The van der Waals surface area contributed by atoms with Gasteiger partial charge in [-0.15, -0.1) is 5.10 Å². The summed E-state index contributed by atoms with van der Waals surface area (Å²) in [5.74, 6) is 0. The van der Waals surface area contributed by atoms with Crippen LogP contribution in [0.25, 0.3) is 11.3 Å². The number of hydrogen-bond acceptors (Lipinski definition) is 5. The van der Waals surface area contributed by atoms with Crippen LogP contribution in [-0.2, 0) is 14.2 Å². The summed E-state index contributed by atoms with van der Waals surface area (Å²) in [7, 11) is 1.69. The van der Waals surface area contributed by atoms with E-state index < -0.39 is 0 Å². The van der Waals surface area contributed by atoms with E-state index in [1.54, 1.807) is 7.11 Å². The Morgan fingerprint density at radius 3 is 2.76 bits per heavy atom. The first-order chi connectivity index (χ1) is 10.4. The molecular weight excluding hydrogens is 270 g/mol. The van der Waals surface area contributed by atoms with Gasteiger partial charge in [0.1, 0.15) is 30.0 Å². The fraction of sp³-hybridized carbons (Fsp3) is 0.467. The lowest BCUT2D eigenvalue weighted by Crippen LogP contribution is -2.31. The van der Waals surface area contributed by atoms with Gasteiger partial charge in [-0.05, 0) is 0 Å². The summed E-state index contributed by atoms with van der Waals surface area (Å²) in [6, 6.07) is 10.1. The molecule has 4 unspecified atom stereocenters. The molecule has 0 spiro atoms. The van der Waals surface area contributed by atoms with Crippen LogP contribution in [0.4, 0.5) is 0 Å². The second-order valence-electron chi connectivity index (χ2n) is 5.39. The van der Waals surface area contributed by atoms with Gasteiger partial charge >= 0.3 is 0 Å². The van der Waals surface area contributed by atoms with Gasteiger partial charge < -0.3 is 14.2 Å². The van der Waals surface area contributed by atoms with Crippen molar-refractivity contribution >= 4 is 0 Å². The molecule has 2 aliphatic rings. The number of methoxy groups -OCH3 is 1. The van der Waals surface area contributed by atoms with Crippen molar-refractivity contribution in [2.45, 2.75) is 24.4 Å². The maximum atomic E-state index is 5.82. The number of hydrogen-bond donors (Lipinski definition) is 0. The van der Waals surface area contributed by atoms with Crippen LogP contribution in [0.1, 0.15) is 6.04 Å². The van der Waals surface area contributed by atoms with Crippen LogP contribution in [0.15, 0.2) is 36.5 Å². The molecule has 2 saturated heterocycles. The Morgan fingerprint density at radius 2 is 1.95 bits per heavy atom. The molecule has 0 bridgehead atoms. The predicted molar refractivity (Wildman–Crippen MR) is 74.8 cm³/mol. The molecule has 0 aliphatic carbocycles. The van der Waals surface area contributed by atoms with Gasteiger partial charge in [-0.1, -0.05) is 35.5 Å². The van der Waals surface area contributed by atoms with Gasteiger partial charge in [-0.2, -0.15) is 0 Å². The van der Waals surface area contributed by atoms with Gasteiger partial charge in [-0.25, -0.2) is 4.68 Å². The monoisotopic (exact) mass is 287 g/mol. The molecule has 6 heteroatoms. The summed E-state index contributed by atoms with van der Waals surface area (Å²) in [6.07, 6.45) is 1.94. The Bertz CT molecular complexity index is 616. The average Bonchev–Trinajstić information content (AvgIpc) is 3.23. The van der Waals surface area contributed by atoms with Crippen molar-refractivity contribution in [1.29, 1.82) is 0 Å². The van der Waals surface area contributed by atoms with Crippen molar-refractivity contribution in [1.82, 2.24) is 15.0 Å². The van der Waals surface area contributed by atoms with Crippen LogP contribution in [0, 0.1) is 0 Å². The SMILES string of the molecule is COC1COC2C1OCC2n1cc(-c2ccccc2)nn1. The van der Waals surface area contributed by atoms with Crippen LogP contribution in [0.5, 0.6) is 0 Å². The van der Waals surface area contributed by atoms with E-state index in [1.807, 2.05) is 41.2 Å². The second kappa shape index (κ2) is 5.22. The van der Waals surface area contributed by atoms with Crippen molar-refractivity contribution in [3.63, 3.8) is 0 Å². The Labute approximate surface area is 122 Å². The Hall–Kier alpha value is -1.76. The van der Waals surface area contributed by atoms with Crippen molar-refractivity contribution in [2.75, 3.05) is 20.3 Å². The van der Waals surface area contributed by atoms with E-state index in [0.29, 0.717) is 13.2 Å². The minimum Gasteiger partial charge on any atom is -0.376 e. The summed E-state index contributed by atoms with van der Waals surface area (Å²) in [6.45, 7) is 1.15. The van der Waals surface area contributed by atoms with E-state index >= 15 is 0 Å². The van der Waals surface area contributed by atoms with E-state index in [1.165, 1.54) is 0 Å². The molecule has 1 aromatic heterocycles. The highest BCUT2D eigenvalue weighted by molar-refractivity contribution is 5.57. The average molecular weight is 287 g/mol. The van der Waals surface area contributed by atoms with Gasteiger partial charge in [0.15, 0.2) is 0 Å². The Balaban J connectivity index is 1.57. The highest BCUT2D eigenvalue weighted by atomic mass is 16.6. The van der Waals surface area contributed by atoms with E-state index in [9.17, 15) is 0 Å². The van der Waals surface area contributed by atoms with E-state index in [4.69, 9.17) is 14.2 Å². The van der Waals surface area contributed by atoms with Gasteiger partial charge in [0.25, 0.3) is 0 Å². The zero-order valence-electron chi connectivity index (χ0n) is 11.8. The molecular formula is C15H17N3O3. The first kappa shape index (κ1) is 12.9. The largest absolute Gasteiger partial charge is 0.376 e. The summed E-state index contributed by atoms with van der Waals surface area (Å²) in [5.41, 5.74) is 1.92. The van der Waals surface area contributed by atoms with Crippen LogP contribution < -0.4 is 0 Å². The molecule has 0 N–H and O–H groups in total. The zero-order valence-corrected chi connectivity index (χ0v) is 11.8. The maximum Gasteiger partial charge on any atom is 0.114 e. The molecule has 0 amide bonds. The standard InChI is InChI=1S/C15H17N3O3/c1-19-13-9-21-14-12(8-20-15(13)14)18-7-11(16-17-18)10-5-3-2-4-6-10/h2-7,12-15H,8-9H2,1H3. The maximum absolute atomic E-state index is 5.82. The molecule has 3 heterocycles. The van der Waals surface area contributed by atoms with Crippen molar-refractivity contribution < 1.29 is 14.2 Å². The smallest absolute Gasteiger partial charge is 0.114 e. The quantitative estimate of drug-likeness (QED) is 0.851. The van der Waals surface area contributed by atoms with Gasteiger partial charge in [0.2, 0.25) is 0 Å². The molecule has 6 nitrogen and oxygen atoms in total. The lowest BCUT2D eigenvalue weighted by molar-refractivity contribution is -0.00910. The van der Waals surface area contributed by atoms with Crippen LogP contribution in [-0.4, -0.2) is 53.6 Å². The topological polar surface area (TPSA) is 58.4 Å². The first-order valence-corrected chi connectivity index (χ1v) is 7.10. The Kier molecular flexibility index (Phi) is 3.21. The molecule has 0 radical (unpaired) electrons. The highest BCUT2D eigenvalue weighted by Gasteiger charge is 2.49. The van der Waals surface area contributed by atoms with Crippen molar-refractivity contribution in [3.8, 4) is 11.3 Å². The molecule has 110 valence electrons. The summed E-state index contributed by atoms with van der Waals surface area (Å²) in [5, 5.41) is 8.51.